The summed E-state index contributed by atoms with van der Waals surface area (Å²) in [7, 11) is 0. The van der Waals surface area contributed by atoms with Gasteiger partial charge in [0.25, 0.3) is 0 Å². The molecular weight excluding hydrogens is 290 g/mol. The lowest BCUT2D eigenvalue weighted by Crippen LogP contribution is -2.04. The maximum atomic E-state index is 11.2. The molecule has 5 nitrogen and oxygen atoms in total. The molecule has 0 fully saturated rings. The summed E-state index contributed by atoms with van der Waals surface area (Å²) in [6.07, 6.45) is 0. The van der Waals surface area contributed by atoms with Gasteiger partial charge in [-0.15, -0.1) is 10.2 Å². The first-order chi connectivity index (χ1) is 10.1. The van der Waals surface area contributed by atoms with Crippen molar-refractivity contribution in [3.63, 3.8) is 0 Å². The van der Waals surface area contributed by atoms with Gasteiger partial charge in [0, 0.05) is 6.92 Å². The van der Waals surface area contributed by atoms with Crippen molar-refractivity contribution in [1.29, 1.82) is 0 Å². The largest absolute Gasteiger partial charge is 0.424 e. The van der Waals surface area contributed by atoms with Gasteiger partial charge < -0.3 is 4.74 Å². The number of aromatic nitrogens is 3. The van der Waals surface area contributed by atoms with E-state index in [1.807, 2.05) is 24.3 Å². The van der Waals surface area contributed by atoms with E-state index >= 15 is 0 Å². The Kier molecular flexibility index (Phi) is 3.50. The molecule has 0 atom stereocenters. The fourth-order valence-corrected chi connectivity index (χ4v) is 2.14. The molecule has 0 saturated heterocycles. The Morgan fingerprint density at radius 1 is 1.05 bits per heavy atom. The molecule has 0 N–H and O–H groups in total. The zero-order valence-electron chi connectivity index (χ0n) is 11.1. The molecule has 1 heterocycles. The third-order valence-electron chi connectivity index (χ3n) is 2.81. The van der Waals surface area contributed by atoms with E-state index in [0.29, 0.717) is 27.4 Å². The van der Waals surface area contributed by atoms with Crippen LogP contribution in [0.1, 0.15) is 6.92 Å². The van der Waals surface area contributed by atoms with Gasteiger partial charge in [-0.25, -0.2) is 4.98 Å². The highest BCUT2D eigenvalue weighted by atomic mass is 35.5. The molecule has 3 aromatic rings. The molecule has 0 radical (unpaired) electrons. The molecule has 0 saturated carbocycles. The average Bonchev–Trinajstić information content (AvgIpc) is 2.48. The topological polar surface area (TPSA) is 65.0 Å². The third-order valence-corrected chi connectivity index (χ3v) is 3.11. The second-order valence-corrected chi connectivity index (χ2v) is 4.74. The molecule has 6 heteroatoms. The van der Waals surface area contributed by atoms with Crippen molar-refractivity contribution in [2.24, 2.45) is 0 Å². The smallest absolute Gasteiger partial charge is 0.308 e. The quantitative estimate of drug-likeness (QED) is 0.537. The summed E-state index contributed by atoms with van der Waals surface area (Å²) < 4.78 is 5.16. The molecule has 0 aliphatic rings. The van der Waals surface area contributed by atoms with E-state index in [1.165, 1.54) is 6.92 Å². The van der Waals surface area contributed by atoms with Crippen molar-refractivity contribution < 1.29 is 9.53 Å². The maximum Gasteiger partial charge on any atom is 0.308 e. The number of rotatable bonds is 2. The number of benzene rings is 2. The number of nitrogens with zero attached hydrogens (tertiary/aromatic N) is 3. The van der Waals surface area contributed by atoms with Crippen LogP contribution in [0, 0.1) is 0 Å². The van der Waals surface area contributed by atoms with Crippen molar-refractivity contribution >= 4 is 28.6 Å². The van der Waals surface area contributed by atoms with Gasteiger partial charge in [-0.2, -0.15) is 0 Å². The summed E-state index contributed by atoms with van der Waals surface area (Å²) in [5.74, 6) is 0.134. The minimum Gasteiger partial charge on any atom is -0.424 e. The van der Waals surface area contributed by atoms with Gasteiger partial charge in [0.1, 0.15) is 5.52 Å². The predicted octanol–water partition coefficient (Wildman–Crippen LogP) is 3.27. The van der Waals surface area contributed by atoms with Crippen molar-refractivity contribution in [2.45, 2.75) is 6.92 Å². The summed E-state index contributed by atoms with van der Waals surface area (Å²) in [5, 5.41) is 8.51. The van der Waals surface area contributed by atoms with Crippen molar-refractivity contribution in [1.82, 2.24) is 15.2 Å². The van der Waals surface area contributed by atoms with Crippen molar-refractivity contribution in [3.05, 3.63) is 47.5 Å². The molecule has 0 aliphatic carbocycles. The van der Waals surface area contributed by atoms with E-state index in [9.17, 15) is 4.79 Å². The fraction of sp³-hybridized carbons (Fsp3) is 0.0667. The molecule has 104 valence electrons. The minimum absolute atomic E-state index is 0.240. The van der Waals surface area contributed by atoms with E-state index in [2.05, 4.69) is 15.2 Å². The summed E-state index contributed by atoms with van der Waals surface area (Å²) in [6, 6.07) is 12.5. The van der Waals surface area contributed by atoms with Crippen molar-refractivity contribution in [2.75, 3.05) is 0 Å². The second-order valence-electron chi connectivity index (χ2n) is 4.33. The molecular formula is C15H10ClN3O2. The Morgan fingerprint density at radius 2 is 1.81 bits per heavy atom. The van der Waals surface area contributed by atoms with Crippen LogP contribution in [-0.4, -0.2) is 21.2 Å². The van der Waals surface area contributed by atoms with Crippen LogP contribution in [0.4, 0.5) is 0 Å². The summed E-state index contributed by atoms with van der Waals surface area (Å²) >= 11 is 6.09. The van der Waals surface area contributed by atoms with Crippen LogP contribution >= 0.6 is 11.6 Å². The molecule has 2 aromatic carbocycles. The highest BCUT2D eigenvalue weighted by Crippen LogP contribution is 2.34. The third kappa shape index (κ3) is 2.68. The lowest BCUT2D eigenvalue weighted by atomic mass is 10.2. The van der Waals surface area contributed by atoms with Gasteiger partial charge in [0.2, 0.25) is 0 Å². The number of hydrogen-bond donors (Lipinski definition) is 0. The van der Waals surface area contributed by atoms with Crippen LogP contribution in [0.3, 0.4) is 0 Å². The Labute approximate surface area is 125 Å². The minimum atomic E-state index is -0.460. The molecule has 0 bridgehead atoms. The molecule has 1 aromatic heterocycles. The number of para-hydroxylation sites is 2. The Morgan fingerprint density at radius 3 is 2.57 bits per heavy atom. The van der Waals surface area contributed by atoms with Gasteiger partial charge in [0.15, 0.2) is 11.6 Å². The summed E-state index contributed by atoms with van der Waals surface area (Å²) in [6.45, 7) is 1.31. The normalized spacial score (nSPS) is 10.6. The first kappa shape index (κ1) is 13.5. The molecule has 0 aliphatic heterocycles. The SMILES string of the molecule is CC(=O)Oc1c(Cl)cccc1-c1nnc2ccccc2n1. The zero-order valence-corrected chi connectivity index (χ0v) is 11.8. The van der Waals surface area contributed by atoms with Gasteiger partial charge in [0.05, 0.1) is 16.1 Å². The summed E-state index contributed by atoms with van der Waals surface area (Å²) in [5.41, 5.74) is 1.92. The van der Waals surface area contributed by atoms with Crippen LogP contribution in [0.25, 0.3) is 22.4 Å². The maximum absolute atomic E-state index is 11.2. The van der Waals surface area contributed by atoms with Crippen LogP contribution < -0.4 is 4.74 Å². The number of ether oxygens (including phenoxy) is 1. The van der Waals surface area contributed by atoms with E-state index in [1.54, 1.807) is 18.2 Å². The summed E-state index contributed by atoms with van der Waals surface area (Å²) in [4.78, 5) is 15.7. The fourth-order valence-electron chi connectivity index (χ4n) is 1.93. The first-order valence-electron chi connectivity index (χ1n) is 6.22. The molecule has 3 rings (SSSR count). The number of carbonyl (C=O) groups excluding carboxylic acids is 1. The highest BCUT2D eigenvalue weighted by Gasteiger charge is 2.15. The van der Waals surface area contributed by atoms with Crippen molar-refractivity contribution in [3.8, 4) is 17.1 Å². The van der Waals surface area contributed by atoms with Gasteiger partial charge >= 0.3 is 5.97 Å². The number of carbonyl (C=O) groups is 1. The van der Waals surface area contributed by atoms with Crippen LogP contribution in [0.2, 0.25) is 5.02 Å². The Bertz CT molecular complexity index is 836. The van der Waals surface area contributed by atoms with Crippen LogP contribution in [-0.2, 0) is 4.79 Å². The Balaban J connectivity index is 2.17. The molecule has 0 unspecified atom stereocenters. The number of esters is 1. The molecule has 21 heavy (non-hydrogen) atoms. The van der Waals surface area contributed by atoms with Crippen LogP contribution in [0.5, 0.6) is 5.75 Å². The average molecular weight is 300 g/mol. The van der Waals surface area contributed by atoms with E-state index < -0.39 is 5.97 Å². The standard InChI is InChI=1S/C15H10ClN3O2/c1-9(20)21-14-10(5-4-6-11(14)16)15-17-12-7-2-3-8-13(12)18-19-15/h2-8H,1H3. The van der Waals surface area contributed by atoms with Gasteiger partial charge in [-0.3, -0.25) is 4.79 Å². The van der Waals surface area contributed by atoms with Gasteiger partial charge in [-0.1, -0.05) is 29.8 Å². The van der Waals surface area contributed by atoms with E-state index in [0.717, 1.165) is 0 Å². The highest BCUT2D eigenvalue weighted by molar-refractivity contribution is 6.32. The van der Waals surface area contributed by atoms with E-state index in [4.69, 9.17) is 16.3 Å². The molecule has 0 spiro atoms. The monoisotopic (exact) mass is 299 g/mol. The second kappa shape index (κ2) is 5.46. The zero-order chi connectivity index (χ0) is 14.8. The number of hydrogen-bond acceptors (Lipinski definition) is 5. The number of halogens is 1. The van der Waals surface area contributed by atoms with Gasteiger partial charge in [-0.05, 0) is 24.3 Å². The van der Waals surface area contributed by atoms with E-state index in [-0.39, 0.29) is 5.75 Å². The lowest BCUT2D eigenvalue weighted by molar-refractivity contribution is -0.131. The number of fused-ring (bicyclic) bond motifs is 1. The molecule has 0 amide bonds. The Hall–Kier alpha value is -2.53. The first-order valence-corrected chi connectivity index (χ1v) is 6.60. The lowest BCUT2D eigenvalue weighted by Gasteiger charge is -2.09. The van der Waals surface area contributed by atoms with Crippen LogP contribution in [0.15, 0.2) is 42.5 Å². The predicted molar refractivity (Wildman–Crippen MR) is 79.1 cm³/mol.